The van der Waals surface area contributed by atoms with Crippen LogP contribution in [0.15, 0.2) is 24.7 Å². The topological polar surface area (TPSA) is 59.3 Å². The standard InChI is InChI=1S/C22H31FN6O/c1-27(2)12-18-13-29(26-25-18)21-7-16-10-28(20-5-6-24-9-19(20)23)11-17(16)8-22(21)30-14-15-3-4-15/h5-6,9,13,15-17,21-22H,3-4,7-8,10-12,14H2,1-2H3/t16-,17+,21-,22-/m1/s1. The van der Waals surface area contributed by atoms with Gasteiger partial charge in [-0.1, -0.05) is 5.21 Å². The van der Waals surface area contributed by atoms with Crippen molar-refractivity contribution in [3.63, 3.8) is 0 Å². The Hall–Kier alpha value is -2.06. The maximum atomic E-state index is 14.3. The number of aromatic nitrogens is 4. The number of ether oxygens (including phenoxy) is 1. The van der Waals surface area contributed by atoms with Crippen molar-refractivity contribution in [1.82, 2.24) is 24.9 Å². The lowest BCUT2D eigenvalue weighted by molar-refractivity contribution is -0.0375. The Kier molecular flexibility index (Phi) is 5.45. The first-order valence-electron chi connectivity index (χ1n) is 11.1. The van der Waals surface area contributed by atoms with Crippen molar-refractivity contribution in [3.8, 4) is 0 Å². The number of pyridine rings is 1. The Balaban J connectivity index is 1.34. The average molecular weight is 415 g/mol. The normalized spacial score (nSPS) is 28.9. The maximum Gasteiger partial charge on any atom is 0.164 e. The van der Waals surface area contributed by atoms with E-state index in [9.17, 15) is 4.39 Å². The molecule has 3 aliphatic rings. The van der Waals surface area contributed by atoms with Gasteiger partial charge in [0.05, 0.1) is 35.9 Å². The van der Waals surface area contributed by atoms with Crippen LogP contribution in [0.2, 0.25) is 0 Å². The molecule has 7 nitrogen and oxygen atoms in total. The highest BCUT2D eigenvalue weighted by molar-refractivity contribution is 5.47. The van der Waals surface area contributed by atoms with Gasteiger partial charge < -0.3 is 14.5 Å². The van der Waals surface area contributed by atoms with Crippen molar-refractivity contribution < 1.29 is 9.13 Å². The summed E-state index contributed by atoms with van der Waals surface area (Å²) in [6.07, 6.45) is 9.76. The fourth-order valence-corrected chi connectivity index (χ4v) is 5.08. The smallest absolute Gasteiger partial charge is 0.164 e. The second-order valence-electron chi connectivity index (χ2n) is 9.53. The van der Waals surface area contributed by atoms with Crippen LogP contribution in [0.3, 0.4) is 0 Å². The summed E-state index contributed by atoms with van der Waals surface area (Å²) in [5.74, 6) is 1.51. The van der Waals surface area contributed by atoms with Gasteiger partial charge in [0.1, 0.15) is 0 Å². The van der Waals surface area contributed by atoms with Gasteiger partial charge >= 0.3 is 0 Å². The fourth-order valence-electron chi connectivity index (χ4n) is 5.08. The molecular weight excluding hydrogens is 383 g/mol. The van der Waals surface area contributed by atoms with Crippen LogP contribution in [0.1, 0.15) is 37.4 Å². The van der Waals surface area contributed by atoms with E-state index in [1.807, 2.05) is 18.8 Å². The lowest BCUT2D eigenvalue weighted by Crippen LogP contribution is -2.38. The number of hydrogen-bond donors (Lipinski definition) is 0. The molecule has 0 radical (unpaired) electrons. The van der Waals surface area contributed by atoms with Crippen LogP contribution >= 0.6 is 0 Å². The summed E-state index contributed by atoms with van der Waals surface area (Å²) < 4.78 is 22.8. The minimum absolute atomic E-state index is 0.142. The van der Waals surface area contributed by atoms with Crippen LogP contribution in [0.25, 0.3) is 0 Å². The molecule has 0 amide bonds. The SMILES string of the molecule is CN(C)Cc1cn([C@@H]2C[C@@H]3CN(c4ccncc4F)C[C@@H]3C[C@H]2OCC2CC2)nn1. The molecule has 0 aromatic carbocycles. The van der Waals surface area contributed by atoms with E-state index in [0.29, 0.717) is 17.5 Å². The van der Waals surface area contributed by atoms with Gasteiger partial charge in [-0.2, -0.15) is 0 Å². The van der Waals surface area contributed by atoms with Gasteiger partial charge in [0.25, 0.3) is 0 Å². The Morgan fingerprint density at radius 3 is 2.73 bits per heavy atom. The van der Waals surface area contributed by atoms with Crippen LogP contribution in [0.4, 0.5) is 10.1 Å². The Morgan fingerprint density at radius 1 is 1.20 bits per heavy atom. The number of anilines is 1. The molecule has 0 bridgehead atoms. The van der Waals surface area contributed by atoms with Crippen LogP contribution in [0.5, 0.6) is 0 Å². The highest BCUT2D eigenvalue weighted by Gasteiger charge is 2.44. The molecule has 2 aliphatic carbocycles. The third kappa shape index (κ3) is 4.21. The molecule has 0 spiro atoms. The van der Waals surface area contributed by atoms with E-state index < -0.39 is 0 Å². The molecule has 2 aromatic rings. The Bertz CT molecular complexity index is 869. The third-order valence-corrected chi connectivity index (χ3v) is 6.80. The number of hydrogen-bond acceptors (Lipinski definition) is 6. The monoisotopic (exact) mass is 414 g/mol. The quantitative estimate of drug-likeness (QED) is 0.694. The van der Waals surface area contributed by atoms with E-state index in [2.05, 4.69) is 31.3 Å². The summed E-state index contributed by atoms with van der Waals surface area (Å²) in [4.78, 5) is 8.18. The number of halogens is 1. The molecule has 1 aliphatic heterocycles. The van der Waals surface area contributed by atoms with E-state index in [1.54, 1.807) is 12.3 Å². The molecule has 5 rings (SSSR count). The van der Waals surface area contributed by atoms with Gasteiger partial charge in [-0.15, -0.1) is 5.10 Å². The molecule has 2 saturated carbocycles. The summed E-state index contributed by atoms with van der Waals surface area (Å²) in [6, 6.07) is 1.98. The van der Waals surface area contributed by atoms with Crippen LogP contribution in [0, 0.1) is 23.6 Å². The molecule has 0 N–H and O–H groups in total. The van der Waals surface area contributed by atoms with Gasteiger partial charge in [-0.25, -0.2) is 9.07 Å². The van der Waals surface area contributed by atoms with E-state index in [1.165, 1.54) is 19.0 Å². The molecule has 4 atom stereocenters. The zero-order valence-corrected chi connectivity index (χ0v) is 17.8. The molecule has 30 heavy (non-hydrogen) atoms. The van der Waals surface area contributed by atoms with Crippen LogP contribution < -0.4 is 4.90 Å². The zero-order valence-electron chi connectivity index (χ0n) is 17.8. The fraction of sp³-hybridized carbons (Fsp3) is 0.682. The first kappa shape index (κ1) is 19.9. The minimum Gasteiger partial charge on any atom is -0.376 e. The zero-order chi connectivity index (χ0) is 20.7. The van der Waals surface area contributed by atoms with Crippen molar-refractivity contribution >= 4 is 5.69 Å². The number of nitrogens with zero attached hydrogens (tertiary/aromatic N) is 6. The largest absolute Gasteiger partial charge is 0.376 e. The summed E-state index contributed by atoms with van der Waals surface area (Å²) in [7, 11) is 4.08. The molecule has 1 saturated heterocycles. The van der Waals surface area contributed by atoms with Crippen molar-refractivity contribution in [2.45, 2.75) is 44.4 Å². The highest BCUT2D eigenvalue weighted by atomic mass is 19.1. The van der Waals surface area contributed by atoms with Gasteiger partial charge in [0.15, 0.2) is 5.82 Å². The third-order valence-electron chi connectivity index (χ3n) is 6.80. The average Bonchev–Trinajstić information content (AvgIpc) is 3.28. The number of fused-ring (bicyclic) bond motifs is 1. The van der Waals surface area contributed by atoms with Gasteiger partial charge in [0.2, 0.25) is 0 Å². The molecule has 8 heteroatoms. The molecule has 2 aromatic heterocycles. The summed E-state index contributed by atoms with van der Waals surface area (Å²) in [6.45, 7) is 3.38. The predicted molar refractivity (Wildman–Crippen MR) is 112 cm³/mol. The van der Waals surface area contributed by atoms with Crippen LogP contribution in [-0.2, 0) is 11.3 Å². The Labute approximate surface area is 177 Å². The van der Waals surface area contributed by atoms with Crippen molar-refractivity contribution in [2.24, 2.45) is 17.8 Å². The first-order valence-corrected chi connectivity index (χ1v) is 11.1. The van der Waals surface area contributed by atoms with Crippen molar-refractivity contribution in [2.75, 3.05) is 38.7 Å². The van der Waals surface area contributed by atoms with Crippen LogP contribution in [-0.4, -0.2) is 64.8 Å². The van der Waals surface area contributed by atoms with Gasteiger partial charge in [-0.3, -0.25) is 4.98 Å². The van der Waals surface area contributed by atoms with Gasteiger partial charge in [0, 0.05) is 32.4 Å². The predicted octanol–water partition coefficient (Wildman–Crippen LogP) is 2.76. The highest BCUT2D eigenvalue weighted by Crippen LogP contribution is 2.44. The van der Waals surface area contributed by atoms with Gasteiger partial charge in [-0.05, 0) is 63.6 Å². The summed E-state index contributed by atoms with van der Waals surface area (Å²) >= 11 is 0. The minimum atomic E-state index is -0.237. The van der Waals surface area contributed by atoms with Crippen molar-refractivity contribution in [3.05, 3.63) is 36.2 Å². The van der Waals surface area contributed by atoms with E-state index in [4.69, 9.17) is 4.74 Å². The number of rotatable bonds is 7. The summed E-state index contributed by atoms with van der Waals surface area (Å²) in [5, 5.41) is 8.85. The molecular formula is C22H31FN6O. The molecule has 0 unspecified atom stereocenters. The van der Waals surface area contributed by atoms with E-state index >= 15 is 0 Å². The second kappa shape index (κ2) is 8.23. The Morgan fingerprint density at radius 2 is 2.00 bits per heavy atom. The lowest BCUT2D eigenvalue weighted by Gasteiger charge is -2.37. The lowest BCUT2D eigenvalue weighted by atomic mass is 9.77. The molecule has 3 fully saturated rings. The first-order chi connectivity index (χ1) is 14.6. The molecule has 3 heterocycles. The van der Waals surface area contributed by atoms with E-state index in [-0.39, 0.29) is 18.0 Å². The molecule has 162 valence electrons. The van der Waals surface area contributed by atoms with E-state index in [0.717, 1.165) is 50.7 Å². The maximum absolute atomic E-state index is 14.3. The van der Waals surface area contributed by atoms with Crippen molar-refractivity contribution in [1.29, 1.82) is 0 Å². The second-order valence-corrected chi connectivity index (χ2v) is 9.53. The summed E-state index contributed by atoms with van der Waals surface area (Å²) in [5.41, 5.74) is 1.65.